The third-order valence-corrected chi connectivity index (χ3v) is 2.86. The van der Waals surface area contributed by atoms with Gasteiger partial charge < -0.3 is 5.73 Å². The monoisotopic (exact) mass is 211 g/mol. The number of nitrogens with two attached hydrogens (primary N) is 1. The first-order valence-electron chi connectivity index (χ1n) is 5.23. The number of benzene rings is 1. The Morgan fingerprint density at radius 3 is 2.88 bits per heavy atom. The molecule has 0 amide bonds. The maximum Gasteiger partial charge on any atom is 0.0994 e. The summed E-state index contributed by atoms with van der Waals surface area (Å²) in [6.45, 7) is 1.97. The fourth-order valence-electron chi connectivity index (χ4n) is 1.83. The molecular weight excluding hydrogens is 198 g/mol. The number of aromatic nitrogens is 1. The summed E-state index contributed by atoms with van der Waals surface area (Å²) in [5.74, 6) is 0.0119. The van der Waals surface area contributed by atoms with Crippen molar-refractivity contribution in [1.29, 1.82) is 5.26 Å². The molecule has 0 bridgehead atoms. The van der Waals surface area contributed by atoms with Gasteiger partial charge >= 0.3 is 0 Å². The summed E-state index contributed by atoms with van der Waals surface area (Å²) in [7, 11) is 0. The molecule has 0 radical (unpaired) electrons. The van der Waals surface area contributed by atoms with Crippen molar-refractivity contribution in [1.82, 2.24) is 4.98 Å². The largest absolute Gasteiger partial charge is 0.315 e. The van der Waals surface area contributed by atoms with Crippen molar-refractivity contribution in [3.63, 3.8) is 0 Å². The van der Waals surface area contributed by atoms with E-state index >= 15 is 0 Å². The SMILES string of the molecule is C[C@@H](c1cccc2ncccc12)[C@@H](N)C#N. The molecule has 0 aliphatic rings. The highest BCUT2D eigenvalue weighted by atomic mass is 14.7. The molecule has 2 aromatic rings. The highest BCUT2D eigenvalue weighted by molar-refractivity contribution is 5.82. The van der Waals surface area contributed by atoms with Crippen molar-refractivity contribution >= 4 is 10.9 Å². The lowest BCUT2D eigenvalue weighted by atomic mass is 9.91. The molecule has 80 valence electrons. The minimum atomic E-state index is -0.481. The molecule has 0 saturated heterocycles. The Labute approximate surface area is 94.5 Å². The van der Waals surface area contributed by atoms with Crippen molar-refractivity contribution in [2.24, 2.45) is 5.73 Å². The first-order valence-corrected chi connectivity index (χ1v) is 5.23. The normalized spacial score (nSPS) is 14.3. The van der Waals surface area contributed by atoms with Crippen molar-refractivity contribution in [3.05, 3.63) is 42.1 Å². The Morgan fingerprint density at radius 2 is 2.12 bits per heavy atom. The van der Waals surface area contributed by atoms with Gasteiger partial charge in [-0.2, -0.15) is 5.26 Å². The average Bonchev–Trinajstić information content (AvgIpc) is 2.36. The van der Waals surface area contributed by atoms with E-state index in [1.165, 1.54) is 0 Å². The summed E-state index contributed by atoms with van der Waals surface area (Å²) in [6, 6.07) is 11.4. The molecule has 3 heteroatoms. The van der Waals surface area contributed by atoms with Gasteiger partial charge in [-0.25, -0.2) is 0 Å². The first kappa shape index (κ1) is 10.6. The van der Waals surface area contributed by atoms with Crippen LogP contribution in [-0.4, -0.2) is 11.0 Å². The van der Waals surface area contributed by atoms with Gasteiger partial charge in [0.1, 0.15) is 0 Å². The van der Waals surface area contributed by atoms with E-state index in [1.807, 2.05) is 37.3 Å². The number of hydrogen-bond acceptors (Lipinski definition) is 3. The molecule has 0 spiro atoms. The van der Waals surface area contributed by atoms with Gasteiger partial charge in [0.25, 0.3) is 0 Å². The van der Waals surface area contributed by atoms with Crippen molar-refractivity contribution < 1.29 is 0 Å². The summed E-state index contributed by atoms with van der Waals surface area (Å²) in [6.07, 6.45) is 1.76. The molecule has 3 nitrogen and oxygen atoms in total. The van der Waals surface area contributed by atoms with Gasteiger partial charge in [0, 0.05) is 17.5 Å². The van der Waals surface area contributed by atoms with Crippen LogP contribution in [-0.2, 0) is 0 Å². The van der Waals surface area contributed by atoms with Gasteiger partial charge in [0.2, 0.25) is 0 Å². The van der Waals surface area contributed by atoms with E-state index in [4.69, 9.17) is 11.0 Å². The van der Waals surface area contributed by atoms with E-state index in [-0.39, 0.29) is 5.92 Å². The molecule has 0 saturated carbocycles. The average molecular weight is 211 g/mol. The summed E-state index contributed by atoms with van der Waals surface area (Å²) in [5.41, 5.74) is 7.78. The lowest BCUT2D eigenvalue weighted by Crippen LogP contribution is -2.24. The van der Waals surface area contributed by atoms with Gasteiger partial charge in [0.05, 0.1) is 17.6 Å². The number of rotatable bonds is 2. The molecule has 2 N–H and O–H groups in total. The zero-order valence-electron chi connectivity index (χ0n) is 9.09. The number of nitriles is 1. The molecule has 0 unspecified atom stereocenters. The van der Waals surface area contributed by atoms with Gasteiger partial charge in [-0.15, -0.1) is 0 Å². The van der Waals surface area contributed by atoms with Crippen molar-refractivity contribution in [2.45, 2.75) is 18.9 Å². The van der Waals surface area contributed by atoms with Crippen LogP contribution in [0.25, 0.3) is 10.9 Å². The van der Waals surface area contributed by atoms with E-state index < -0.39 is 6.04 Å². The molecule has 1 heterocycles. The zero-order valence-corrected chi connectivity index (χ0v) is 9.09. The Hall–Kier alpha value is -1.92. The minimum absolute atomic E-state index is 0.0119. The molecule has 1 aromatic heterocycles. The third-order valence-electron chi connectivity index (χ3n) is 2.86. The summed E-state index contributed by atoms with van der Waals surface area (Å²) >= 11 is 0. The van der Waals surface area contributed by atoms with Gasteiger partial charge in [-0.3, -0.25) is 4.98 Å². The van der Waals surface area contributed by atoms with Crippen molar-refractivity contribution in [2.75, 3.05) is 0 Å². The fraction of sp³-hybridized carbons (Fsp3) is 0.231. The molecule has 0 fully saturated rings. The standard InChI is InChI=1S/C13H13N3/c1-9(12(15)8-14)10-4-2-6-13-11(10)5-3-7-16-13/h2-7,9,12H,15H2,1H3/t9-,12-/m0/s1. The van der Waals surface area contributed by atoms with E-state index in [9.17, 15) is 0 Å². The first-order chi connectivity index (χ1) is 7.74. The Balaban J connectivity index is 2.57. The van der Waals surface area contributed by atoms with Gasteiger partial charge in [-0.05, 0) is 17.7 Å². The topological polar surface area (TPSA) is 62.7 Å². The lowest BCUT2D eigenvalue weighted by Gasteiger charge is -2.15. The van der Waals surface area contributed by atoms with Gasteiger partial charge in [0.15, 0.2) is 0 Å². The molecule has 2 rings (SSSR count). The number of hydrogen-bond donors (Lipinski definition) is 1. The maximum atomic E-state index is 8.85. The van der Waals surface area contributed by atoms with Crippen LogP contribution in [0.4, 0.5) is 0 Å². The van der Waals surface area contributed by atoms with Crippen LogP contribution in [0, 0.1) is 11.3 Å². The molecular formula is C13H13N3. The second-order valence-electron chi connectivity index (χ2n) is 3.86. The number of pyridine rings is 1. The van der Waals surface area contributed by atoms with E-state index in [2.05, 4.69) is 11.1 Å². The van der Waals surface area contributed by atoms with E-state index in [1.54, 1.807) is 6.20 Å². The molecule has 1 aromatic carbocycles. The molecule has 2 atom stereocenters. The summed E-state index contributed by atoms with van der Waals surface area (Å²) in [4.78, 5) is 4.29. The second-order valence-corrected chi connectivity index (χ2v) is 3.86. The van der Waals surface area contributed by atoms with Crippen LogP contribution in [0.1, 0.15) is 18.4 Å². The fourth-order valence-corrected chi connectivity index (χ4v) is 1.83. The van der Waals surface area contributed by atoms with Crippen LogP contribution in [0.2, 0.25) is 0 Å². The van der Waals surface area contributed by atoms with E-state index in [0.29, 0.717) is 0 Å². The Morgan fingerprint density at radius 1 is 1.31 bits per heavy atom. The summed E-state index contributed by atoms with van der Waals surface area (Å²) in [5, 5.41) is 9.92. The number of nitrogens with zero attached hydrogens (tertiary/aromatic N) is 2. The zero-order chi connectivity index (χ0) is 11.5. The van der Waals surface area contributed by atoms with Crippen molar-refractivity contribution in [3.8, 4) is 6.07 Å². The van der Waals surface area contributed by atoms with Crippen LogP contribution >= 0.6 is 0 Å². The van der Waals surface area contributed by atoms with Crippen LogP contribution in [0.5, 0.6) is 0 Å². The molecule has 0 aliphatic heterocycles. The molecule has 0 aliphatic carbocycles. The predicted octanol–water partition coefficient (Wildman–Crippen LogP) is 2.19. The van der Waals surface area contributed by atoms with Crippen LogP contribution in [0.15, 0.2) is 36.5 Å². The predicted molar refractivity (Wildman–Crippen MR) is 63.7 cm³/mol. The molecule has 16 heavy (non-hydrogen) atoms. The van der Waals surface area contributed by atoms with Crippen LogP contribution in [0.3, 0.4) is 0 Å². The third kappa shape index (κ3) is 1.75. The smallest absolute Gasteiger partial charge is 0.0994 e. The summed E-state index contributed by atoms with van der Waals surface area (Å²) < 4.78 is 0. The highest BCUT2D eigenvalue weighted by Crippen LogP contribution is 2.25. The van der Waals surface area contributed by atoms with Crippen LogP contribution < -0.4 is 5.73 Å². The second kappa shape index (κ2) is 4.30. The Bertz CT molecular complexity index is 537. The maximum absolute atomic E-state index is 8.85. The quantitative estimate of drug-likeness (QED) is 0.828. The number of fused-ring (bicyclic) bond motifs is 1. The highest BCUT2D eigenvalue weighted by Gasteiger charge is 2.16. The lowest BCUT2D eigenvalue weighted by molar-refractivity contribution is 0.679. The Kier molecular flexibility index (Phi) is 2.84. The minimum Gasteiger partial charge on any atom is -0.315 e. The van der Waals surface area contributed by atoms with Gasteiger partial charge in [-0.1, -0.05) is 25.1 Å². The van der Waals surface area contributed by atoms with E-state index in [0.717, 1.165) is 16.5 Å².